The number of sulfone groups is 1. The van der Waals surface area contributed by atoms with Crippen molar-refractivity contribution >= 4 is 36.7 Å². The first-order chi connectivity index (χ1) is 12.9. The smallest absolute Gasteiger partial charge is 0.207 e. The molecule has 2 heterocycles. The Morgan fingerprint density at radius 3 is 2.44 bits per heavy atom. The Hall–Kier alpha value is -2.44. The fourth-order valence-corrected chi connectivity index (χ4v) is 5.00. The highest BCUT2D eigenvalue weighted by atomic mass is 79.9. The number of pyridine rings is 1. The van der Waals surface area contributed by atoms with Crippen molar-refractivity contribution in [1.82, 2.24) is 9.55 Å². The minimum Gasteiger partial charge on any atom is -0.357 e. The Balaban J connectivity index is 2.09. The number of hydrogen-bond acceptors (Lipinski definition) is 3. The van der Waals surface area contributed by atoms with Crippen molar-refractivity contribution in [1.29, 1.82) is 0 Å². The lowest BCUT2D eigenvalue weighted by atomic mass is 10.1. The molecule has 4 aromatic rings. The molecule has 0 aliphatic rings. The van der Waals surface area contributed by atoms with E-state index in [9.17, 15) is 8.42 Å². The average molecular weight is 441 g/mol. The molecule has 2 aromatic carbocycles. The number of rotatable bonds is 3. The summed E-state index contributed by atoms with van der Waals surface area (Å²) in [4.78, 5) is 5.30. The van der Waals surface area contributed by atoms with Crippen molar-refractivity contribution in [3.05, 3.63) is 77.0 Å². The topological polar surface area (TPSA) is 52.0 Å². The van der Waals surface area contributed by atoms with Gasteiger partial charge >= 0.3 is 0 Å². The summed E-state index contributed by atoms with van der Waals surface area (Å²) in [5.74, 6) is 0. The van der Waals surface area contributed by atoms with Gasteiger partial charge in [0.1, 0.15) is 0 Å². The van der Waals surface area contributed by atoms with Gasteiger partial charge < -0.3 is 4.57 Å². The van der Waals surface area contributed by atoms with Gasteiger partial charge in [0.15, 0.2) is 0 Å². The van der Waals surface area contributed by atoms with Crippen molar-refractivity contribution in [2.45, 2.75) is 16.7 Å². The molecule has 0 N–H and O–H groups in total. The van der Waals surface area contributed by atoms with Gasteiger partial charge in [0.2, 0.25) is 9.84 Å². The van der Waals surface area contributed by atoms with E-state index in [1.54, 1.807) is 36.4 Å². The lowest BCUT2D eigenvalue weighted by Crippen LogP contribution is -2.04. The number of fused-ring (bicyclic) bond motifs is 1. The van der Waals surface area contributed by atoms with Crippen LogP contribution in [-0.4, -0.2) is 18.0 Å². The summed E-state index contributed by atoms with van der Waals surface area (Å²) in [7, 11) is -1.76. The molecule has 0 radical (unpaired) electrons. The van der Waals surface area contributed by atoms with E-state index in [1.165, 1.54) is 0 Å². The predicted octanol–water partition coefficient (Wildman–Crippen LogP) is 5.14. The van der Waals surface area contributed by atoms with Crippen LogP contribution >= 0.6 is 15.9 Å². The monoisotopic (exact) mass is 440 g/mol. The maximum Gasteiger partial charge on any atom is 0.207 e. The molecule has 0 aliphatic heterocycles. The van der Waals surface area contributed by atoms with Crippen LogP contribution in [0.25, 0.3) is 22.2 Å². The molecular weight excluding hydrogens is 424 g/mol. The van der Waals surface area contributed by atoms with Crippen LogP contribution < -0.4 is 0 Å². The SMILES string of the molecule is Cc1ccc2c(S(=O)(=O)c3ccccc3)cc(-c3ccn(C)c3)nc2c1Br. The molecular formula is C21H17BrN2O2S. The predicted molar refractivity (Wildman–Crippen MR) is 110 cm³/mol. The maximum absolute atomic E-state index is 13.4. The molecule has 4 nitrogen and oxygen atoms in total. The van der Waals surface area contributed by atoms with Crippen LogP contribution in [0.2, 0.25) is 0 Å². The van der Waals surface area contributed by atoms with E-state index in [0.717, 1.165) is 15.6 Å². The second kappa shape index (κ2) is 6.62. The van der Waals surface area contributed by atoms with Gasteiger partial charge in [-0.3, -0.25) is 0 Å². The van der Waals surface area contributed by atoms with E-state index in [0.29, 0.717) is 16.6 Å². The number of aryl methyl sites for hydroxylation is 2. The van der Waals surface area contributed by atoms with Crippen molar-refractivity contribution < 1.29 is 8.42 Å². The van der Waals surface area contributed by atoms with Gasteiger partial charge in [0, 0.05) is 34.9 Å². The molecule has 4 rings (SSSR count). The van der Waals surface area contributed by atoms with Crippen LogP contribution in [0, 0.1) is 6.92 Å². The third kappa shape index (κ3) is 3.09. The van der Waals surface area contributed by atoms with E-state index in [2.05, 4.69) is 15.9 Å². The normalized spacial score (nSPS) is 11.8. The van der Waals surface area contributed by atoms with Crippen LogP contribution in [0.15, 0.2) is 81.3 Å². The van der Waals surface area contributed by atoms with Gasteiger partial charge in [0.05, 0.1) is 21.0 Å². The summed E-state index contributed by atoms with van der Waals surface area (Å²) in [6.07, 6.45) is 3.84. The molecule has 0 atom stereocenters. The Labute approximate surface area is 166 Å². The van der Waals surface area contributed by atoms with Crippen molar-refractivity contribution in [2.75, 3.05) is 0 Å². The first kappa shape index (κ1) is 17.9. The molecule has 6 heteroatoms. The Morgan fingerprint density at radius 1 is 1.04 bits per heavy atom. The zero-order valence-electron chi connectivity index (χ0n) is 14.8. The maximum atomic E-state index is 13.4. The molecule has 0 unspecified atom stereocenters. The van der Waals surface area contributed by atoms with Crippen LogP contribution in [-0.2, 0) is 16.9 Å². The highest BCUT2D eigenvalue weighted by Crippen LogP contribution is 2.35. The lowest BCUT2D eigenvalue weighted by Gasteiger charge is -2.12. The average Bonchev–Trinajstić information content (AvgIpc) is 3.11. The molecule has 136 valence electrons. The molecule has 0 saturated carbocycles. The molecule has 0 fully saturated rings. The fourth-order valence-electron chi connectivity index (χ4n) is 3.08. The van der Waals surface area contributed by atoms with Gasteiger partial charge in [0.25, 0.3) is 0 Å². The van der Waals surface area contributed by atoms with E-state index in [-0.39, 0.29) is 9.79 Å². The summed E-state index contributed by atoms with van der Waals surface area (Å²) < 4.78 is 29.5. The first-order valence-electron chi connectivity index (χ1n) is 8.40. The summed E-state index contributed by atoms with van der Waals surface area (Å²) in [5.41, 5.74) is 3.15. The summed E-state index contributed by atoms with van der Waals surface area (Å²) in [5, 5.41) is 0.607. The van der Waals surface area contributed by atoms with Crippen LogP contribution in [0.4, 0.5) is 0 Å². The van der Waals surface area contributed by atoms with E-state index < -0.39 is 9.84 Å². The van der Waals surface area contributed by atoms with Crippen LogP contribution in [0.3, 0.4) is 0 Å². The number of benzene rings is 2. The summed E-state index contributed by atoms with van der Waals surface area (Å²) in [6.45, 7) is 1.96. The Bertz CT molecular complexity index is 1260. The number of nitrogens with zero attached hydrogens (tertiary/aromatic N) is 2. The molecule has 0 spiro atoms. The summed E-state index contributed by atoms with van der Waals surface area (Å²) >= 11 is 3.59. The second-order valence-electron chi connectivity index (χ2n) is 6.48. The van der Waals surface area contributed by atoms with E-state index >= 15 is 0 Å². The van der Waals surface area contributed by atoms with Gasteiger partial charge in [-0.2, -0.15) is 0 Å². The minimum absolute atomic E-state index is 0.262. The number of hydrogen-bond donors (Lipinski definition) is 0. The molecule has 0 saturated heterocycles. The third-order valence-electron chi connectivity index (χ3n) is 4.55. The zero-order chi connectivity index (χ0) is 19.2. The minimum atomic E-state index is -3.69. The van der Waals surface area contributed by atoms with Gasteiger partial charge in [-0.15, -0.1) is 0 Å². The van der Waals surface area contributed by atoms with Gasteiger partial charge in [-0.05, 0) is 52.7 Å². The van der Waals surface area contributed by atoms with Crippen LogP contribution in [0.1, 0.15) is 5.56 Å². The Kier molecular flexibility index (Phi) is 4.40. The fraction of sp³-hybridized carbons (Fsp3) is 0.0952. The first-order valence-corrected chi connectivity index (χ1v) is 10.7. The third-order valence-corrected chi connectivity index (χ3v) is 7.36. The summed E-state index contributed by atoms with van der Waals surface area (Å²) in [6, 6.07) is 15.8. The van der Waals surface area contributed by atoms with Gasteiger partial charge in [-0.1, -0.05) is 30.3 Å². The van der Waals surface area contributed by atoms with Crippen LogP contribution in [0.5, 0.6) is 0 Å². The molecule has 0 bridgehead atoms. The quantitative estimate of drug-likeness (QED) is 0.442. The molecule has 0 amide bonds. The van der Waals surface area contributed by atoms with Crippen molar-refractivity contribution in [2.24, 2.45) is 7.05 Å². The highest BCUT2D eigenvalue weighted by molar-refractivity contribution is 9.10. The van der Waals surface area contributed by atoms with Crippen molar-refractivity contribution in [3.63, 3.8) is 0 Å². The zero-order valence-corrected chi connectivity index (χ0v) is 17.3. The van der Waals surface area contributed by atoms with E-state index in [1.807, 2.05) is 49.1 Å². The number of halogens is 1. The largest absolute Gasteiger partial charge is 0.357 e. The highest BCUT2D eigenvalue weighted by Gasteiger charge is 2.23. The standard InChI is InChI=1S/C21H17BrN2O2S/c1-14-8-9-17-19(27(25,26)16-6-4-3-5-7-16)12-18(23-21(17)20(14)22)15-10-11-24(2)13-15/h3-13H,1-2H3. The molecule has 2 aromatic heterocycles. The molecule has 0 aliphatic carbocycles. The molecule has 27 heavy (non-hydrogen) atoms. The Morgan fingerprint density at radius 2 is 1.78 bits per heavy atom. The second-order valence-corrected chi connectivity index (χ2v) is 9.19. The van der Waals surface area contributed by atoms with E-state index in [4.69, 9.17) is 4.98 Å². The lowest BCUT2D eigenvalue weighted by molar-refractivity contribution is 0.597. The van der Waals surface area contributed by atoms with Crippen molar-refractivity contribution in [3.8, 4) is 11.3 Å². The number of aromatic nitrogens is 2. The van der Waals surface area contributed by atoms with Gasteiger partial charge in [-0.25, -0.2) is 13.4 Å².